The van der Waals surface area contributed by atoms with Crippen LogP contribution in [0.1, 0.15) is 22.9 Å². The van der Waals surface area contributed by atoms with Gasteiger partial charge in [0.25, 0.3) is 0 Å². The summed E-state index contributed by atoms with van der Waals surface area (Å²) in [6.07, 6.45) is 3.22. The van der Waals surface area contributed by atoms with E-state index in [1.54, 1.807) is 12.4 Å². The van der Waals surface area contributed by atoms with E-state index in [9.17, 15) is 0 Å². The molecular formula is C48H30N4O2. The van der Waals surface area contributed by atoms with Gasteiger partial charge in [-0.3, -0.25) is 4.98 Å². The van der Waals surface area contributed by atoms with Gasteiger partial charge in [-0.2, -0.15) is 0 Å². The highest BCUT2D eigenvalue weighted by molar-refractivity contribution is 6.22. The third-order valence-corrected chi connectivity index (χ3v) is 10.5. The molecule has 54 heavy (non-hydrogen) atoms. The van der Waals surface area contributed by atoms with Crippen LogP contribution in [0.5, 0.6) is 0 Å². The molecule has 0 amide bonds. The van der Waals surface area contributed by atoms with Crippen molar-refractivity contribution in [3.63, 3.8) is 0 Å². The van der Waals surface area contributed by atoms with E-state index in [0.717, 1.165) is 77.5 Å². The summed E-state index contributed by atoms with van der Waals surface area (Å²) in [5, 5.41) is 10.2. The van der Waals surface area contributed by atoms with Crippen molar-refractivity contribution in [2.45, 2.75) is 6.17 Å². The lowest BCUT2D eigenvalue weighted by Crippen LogP contribution is -2.33. The van der Waals surface area contributed by atoms with Crippen molar-refractivity contribution in [2.75, 3.05) is 0 Å². The largest absolute Gasteiger partial charge is 0.456 e. The fourth-order valence-electron chi connectivity index (χ4n) is 7.99. The Balaban J connectivity index is 1.01. The van der Waals surface area contributed by atoms with Crippen molar-refractivity contribution < 1.29 is 8.83 Å². The first-order valence-corrected chi connectivity index (χ1v) is 18.0. The minimum Gasteiger partial charge on any atom is -0.456 e. The third kappa shape index (κ3) is 4.85. The summed E-state index contributed by atoms with van der Waals surface area (Å²) in [5.74, 6) is 1.40. The molecule has 7 aromatic carbocycles. The van der Waals surface area contributed by atoms with Gasteiger partial charge in [0.2, 0.25) is 0 Å². The van der Waals surface area contributed by atoms with E-state index in [-0.39, 0.29) is 6.17 Å². The van der Waals surface area contributed by atoms with E-state index in [4.69, 9.17) is 18.8 Å². The van der Waals surface area contributed by atoms with Crippen molar-refractivity contribution >= 4 is 66.3 Å². The fourth-order valence-corrected chi connectivity index (χ4v) is 7.99. The van der Waals surface area contributed by atoms with E-state index in [2.05, 4.69) is 119 Å². The van der Waals surface area contributed by atoms with Gasteiger partial charge in [0.1, 0.15) is 28.8 Å². The van der Waals surface area contributed by atoms with Gasteiger partial charge < -0.3 is 14.2 Å². The molecule has 0 fully saturated rings. The van der Waals surface area contributed by atoms with Gasteiger partial charge in [-0.05, 0) is 62.9 Å². The first kappa shape index (κ1) is 30.3. The van der Waals surface area contributed by atoms with Gasteiger partial charge in [-0.15, -0.1) is 0 Å². The molecule has 3 aromatic heterocycles. The monoisotopic (exact) mass is 694 g/mol. The predicted molar refractivity (Wildman–Crippen MR) is 219 cm³/mol. The zero-order valence-corrected chi connectivity index (χ0v) is 28.9. The molecule has 11 rings (SSSR count). The van der Waals surface area contributed by atoms with Gasteiger partial charge in [-0.25, -0.2) is 9.98 Å². The quantitative estimate of drug-likeness (QED) is 0.195. The Morgan fingerprint density at radius 3 is 1.87 bits per heavy atom. The molecule has 1 atom stereocenters. The first-order chi connectivity index (χ1) is 26.8. The molecule has 0 saturated heterocycles. The van der Waals surface area contributed by atoms with Crippen LogP contribution in [0.25, 0.3) is 76.9 Å². The normalized spacial score (nSPS) is 14.5. The molecule has 10 aromatic rings. The van der Waals surface area contributed by atoms with E-state index in [1.807, 2.05) is 48.5 Å². The van der Waals surface area contributed by atoms with Crippen LogP contribution in [0.4, 0.5) is 0 Å². The zero-order valence-electron chi connectivity index (χ0n) is 28.9. The number of para-hydroxylation sites is 1. The first-order valence-electron chi connectivity index (χ1n) is 18.0. The second-order valence-corrected chi connectivity index (χ2v) is 13.6. The molecule has 0 spiro atoms. The molecule has 0 saturated carbocycles. The number of nitrogens with zero attached hydrogens (tertiary/aromatic N) is 3. The van der Waals surface area contributed by atoms with Crippen LogP contribution in [-0.4, -0.2) is 16.7 Å². The van der Waals surface area contributed by atoms with Gasteiger partial charge in [-0.1, -0.05) is 133 Å². The molecule has 254 valence electrons. The molecule has 0 aliphatic carbocycles. The van der Waals surface area contributed by atoms with Crippen molar-refractivity contribution in [1.82, 2.24) is 10.3 Å². The van der Waals surface area contributed by atoms with Crippen LogP contribution >= 0.6 is 0 Å². The number of rotatable bonds is 5. The van der Waals surface area contributed by atoms with Crippen LogP contribution in [-0.2, 0) is 0 Å². The molecule has 1 unspecified atom stereocenters. The van der Waals surface area contributed by atoms with Crippen LogP contribution in [0.3, 0.4) is 0 Å². The summed E-state index contributed by atoms with van der Waals surface area (Å²) in [7, 11) is 0. The summed E-state index contributed by atoms with van der Waals surface area (Å²) in [6, 6.07) is 54.7. The molecule has 0 bridgehead atoms. The molecular weight excluding hydrogens is 665 g/mol. The van der Waals surface area contributed by atoms with Crippen molar-refractivity contribution in [2.24, 2.45) is 9.98 Å². The Bertz CT molecular complexity index is 3140. The van der Waals surface area contributed by atoms with Crippen LogP contribution in [0.15, 0.2) is 189 Å². The SMILES string of the molecule is c1ccc(C2N=C(c3cccc4oc5cnccc5c34)N=C(c3ccc(-c4cccc5c(-c6cccc7oc8ccccc8c67)cccc45)cc3)N2)cc1. The van der Waals surface area contributed by atoms with E-state index in [0.29, 0.717) is 5.84 Å². The van der Waals surface area contributed by atoms with Gasteiger partial charge in [0.05, 0.1) is 6.20 Å². The lowest BCUT2D eigenvalue weighted by atomic mass is 9.91. The predicted octanol–water partition coefficient (Wildman–Crippen LogP) is 11.9. The highest BCUT2D eigenvalue weighted by Gasteiger charge is 2.24. The van der Waals surface area contributed by atoms with Crippen LogP contribution in [0, 0.1) is 0 Å². The number of aromatic nitrogens is 1. The highest BCUT2D eigenvalue weighted by atomic mass is 16.3. The minimum atomic E-state index is -0.322. The summed E-state index contributed by atoms with van der Waals surface area (Å²) in [6.45, 7) is 0. The fraction of sp³-hybridized carbons (Fsp3) is 0.0208. The van der Waals surface area contributed by atoms with E-state index < -0.39 is 0 Å². The maximum absolute atomic E-state index is 6.25. The van der Waals surface area contributed by atoms with Gasteiger partial charge >= 0.3 is 0 Å². The molecule has 1 aliphatic heterocycles. The van der Waals surface area contributed by atoms with Gasteiger partial charge in [0.15, 0.2) is 11.4 Å². The van der Waals surface area contributed by atoms with E-state index >= 15 is 0 Å². The minimum absolute atomic E-state index is 0.322. The lowest BCUT2D eigenvalue weighted by Gasteiger charge is -2.24. The zero-order chi connectivity index (χ0) is 35.6. The van der Waals surface area contributed by atoms with Crippen molar-refractivity contribution in [1.29, 1.82) is 0 Å². The number of nitrogens with one attached hydrogen (secondary N) is 1. The van der Waals surface area contributed by atoms with Crippen molar-refractivity contribution in [3.05, 3.63) is 187 Å². The molecule has 6 nitrogen and oxygen atoms in total. The molecule has 1 aliphatic rings. The van der Waals surface area contributed by atoms with Crippen molar-refractivity contribution in [3.8, 4) is 22.3 Å². The Morgan fingerprint density at radius 2 is 1.04 bits per heavy atom. The smallest absolute Gasteiger partial charge is 0.160 e. The average molecular weight is 695 g/mol. The number of hydrogen-bond acceptors (Lipinski definition) is 6. The Morgan fingerprint density at radius 1 is 0.444 bits per heavy atom. The molecule has 6 heteroatoms. The van der Waals surface area contributed by atoms with E-state index in [1.165, 1.54) is 21.9 Å². The summed E-state index contributed by atoms with van der Waals surface area (Å²) in [5.41, 5.74) is 10.9. The second-order valence-electron chi connectivity index (χ2n) is 13.6. The topological polar surface area (TPSA) is 75.9 Å². The molecule has 1 N–H and O–H groups in total. The Labute approximate surface area is 309 Å². The molecule has 0 radical (unpaired) electrons. The van der Waals surface area contributed by atoms with Crippen LogP contribution in [0.2, 0.25) is 0 Å². The number of amidine groups is 2. The average Bonchev–Trinajstić information content (AvgIpc) is 3.82. The lowest BCUT2D eigenvalue weighted by molar-refractivity contribution is 0.666. The number of fused-ring (bicyclic) bond motifs is 7. The maximum Gasteiger partial charge on any atom is 0.160 e. The van der Waals surface area contributed by atoms with Crippen LogP contribution < -0.4 is 5.32 Å². The second kappa shape index (κ2) is 12.1. The van der Waals surface area contributed by atoms with Gasteiger partial charge in [0, 0.05) is 38.9 Å². The summed E-state index contributed by atoms with van der Waals surface area (Å²) in [4.78, 5) is 14.6. The summed E-state index contributed by atoms with van der Waals surface area (Å²) < 4.78 is 12.4. The number of furan rings is 2. The number of pyridine rings is 1. The molecule has 4 heterocycles. The Hall–Kier alpha value is -7.31. The number of aliphatic imine (C=N–C) groups is 2. The standard InChI is InChI=1S/C48H30N4O2/c1-2-10-30(11-3-1)46-50-47(52-48(51-46)39-18-9-21-42-45(39)38-26-27-49-28-43(38)54-42)31-24-22-29(23-25-31)32-13-6-15-34-33(32)14-7-16-35(34)36-17-8-20-41-44(36)37-12-4-5-19-40(37)53-41/h1-28,46H,(H,50,51,52). The number of hydrogen-bond donors (Lipinski definition) is 1. The highest BCUT2D eigenvalue weighted by Crippen LogP contribution is 2.41. The maximum atomic E-state index is 6.25. The third-order valence-electron chi connectivity index (χ3n) is 10.5. The number of benzene rings is 7. The Kier molecular flexibility index (Phi) is 6.82. The summed E-state index contributed by atoms with van der Waals surface area (Å²) >= 11 is 0.